The van der Waals surface area contributed by atoms with Crippen LogP contribution in [-0.4, -0.2) is 44.1 Å². The number of nitrogens with zero attached hydrogens (tertiary/aromatic N) is 2. The first-order valence-corrected chi connectivity index (χ1v) is 12.5. The van der Waals surface area contributed by atoms with Crippen LogP contribution in [0.25, 0.3) is 5.76 Å². The molecule has 1 heterocycles. The molecule has 0 aliphatic carbocycles. The van der Waals surface area contributed by atoms with Crippen LogP contribution in [0.4, 0.5) is 11.4 Å². The summed E-state index contributed by atoms with van der Waals surface area (Å²) in [7, 11) is 5.47. The number of Topliss-reactive ketones (excluding diaryl/α,β-unsaturated/α-hetero) is 1. The molecule has 1 amide bonds. The Labute approximate surface area is 223 Å². The number of ketones is 1. The number of aliphatic hydroxyl groups is 1. The highest BCUT2D eigenvalue weighted by molar-refractivity contribution is 6.51. The van der Waals surface area contributed by atoms with E-state index in [0.29, 0.717) is 28.3 Å². The Kier molecular flexibility index (Phi) is 7.49. The van der Waals surface area contributed by atoms with Gasteiger partial charge in [-0.05, 0) is 92.9 Å². The lowest BCUT2D eigenvalue weighted by Gasteiger charge is -2.26. The van der Waals surface area contributed by atoms with Crippen LogP contribution in [0.1, 0.15) is 42.1 Å². The van der Waals surface area contributed by atoms with Gasteiger partial charge in [-0.25, -0.2) is 0 Å². The average Bonchev–Trinajstić information content (AvgIpc) is 3.15. The molecular weight excluding hydrogens is 480 g/mol. The average molecular weight is 515 g/mol. The Morgan fingerprint density at radius 1 is 0.947 bits per heavy atom. The van der Waals surface area contributed by atoms with Gasteiger partial charge in [0.15, 0.2) is 0 Å². The summed E-state index contributed by atoms with van der Waals surface area (Å²) in [6.45, 7) is 7.58. The number of hydrogen-bond donors (Lipinski definition) is 1. The van der Waals surface area contributed by atoms with Crippen molar-refractivity contribution in [2.75, 3.05) is 31.0 Å². The van der Waals surface area contributed by atoms with E-state index in [-0.39, 0.29) is 17.4 Å². The van der Waals surface area contributed by atoms with E-state index in [9.17, 15) is 14.7 Å². The molecule has 1 atom stereocenters. The number of hydrogen-bond acceptors (Lipinski definition) is 6. The number of anilines is 2. The van der Waals surface area contributed by atoms with Crippen LogP contribution < -0.4 is 19.3 Å². The Morgan fingerprint density at radius 3 is 2.13 bits per heavy atom. The molecule has 1 aliphatic heterocycles. The van der Waals surface area contributed by atoms with Crippen molar-refractivity contribution in [3.8, 4) is 11.5 Å². The number of benzene rings is 3. The lowest BCUT2D eigenvalue weighted by molar-refractivity contribution is -0.132. The topological polar surface area (TPSA) is 79.3 Å². The zero-order valence-electron chi connectivity index (χ0n) is 22.9. The molecule has 7 heteroatoms. The molecule has 7 nitrogen and oxygen atoms in total. The van der Waals surface area contributed by atoms with Crippen molar-refractivity contribution in [1.29, 1.82) is 0 Å². The van der Waals surface area contributed by atoms with Crippen molar-refractivity contribution in [3.63, 3.8) is 0 Å². The summed E-state index contributed by atoms with van der Waals surface area (Å²) in [4.78, 5) is 30.4. The van der Waals surface area contributed by atoms with Crippen molar-refractivity contribution in [2.45, 2.75) is 39.8 Å². The summed E-state index contributed by atoms with van der Waals surface area (Å²) < 4.78 is 11.2. The number of amides is 1. The fraction of sp³-hybridized carbons (Fsp3) is 0.290. The lowest BCUT2D eigenvalue weighted by atomic mass is 9.92. The molecule has 1 aliphatic rings. The Bertz CT molecular complexity index is 1390. The van der Waals surface area contributed by atoms with Crippen LogP contribution >= 0.6 is 0 Å². The van der Waals surface area contributed by atoms with E-state index in [4.69, 9.17) is 9.47 Å². The Hall–Kier alpha value is -4.26. The van der Waals surface area contributed by atoms with Crippen LogP contribution in [0.15, 0.2) is 66.2 Å². The van der Waals surface area contributed by atoms with E-state index < -0.39 is 17.7 Å². The highest BCUT2D eigenvalue weighted by Gasteiger charge is 2.47. The van der Waals surface area contributed by atoms with Crippen LogP contribution in [0, 0.1) is 13.8 Å². The second kappa shape index (κ2) is 10.6. The van der Waals surface area contributed by atoms with Gasteiger partial charge in [-0.3, -0.25) is 14.5 Å². The Morgan fingerprint density at radius 2 is 1.58 bits per heavy atom. The normalized spacial score (nSPS) is 16.7. The number of carbonyl (C=O) groups is 2. The van der Waals surface area contributed by atoms with Crippen LogP contribution in [0.3, 0.4) is 0 Å². The van der Waals surface area contributed by atoms with Gasteiger partial charge in [0.25, 0.3) is 11.7 Å². The molecule has 1 fully saturated rings. The predicted octanol–water partition coefficient (Wildman–Crippen LogP) is 5.79. The summed E-state index contributed by atoms with van der Waals surface area (Å²) in [6, 6.07) is 17.5. The minimum atomic E-state index is -0.815. The molecule has 198 valence electrons. The van der Waals surface area contributed by atoms with Crippen molar-refractivity contribution >= 4 is 28.8 Å². The van der Waals surface area contributed by atoms with E-state index in [2.05, 4.69) is 0 Å². The van der Waals surface area contributed by atoms with E-state index in [1.165, 1.54) is 4.90 Å². The van der Waals surface area contributed by atoms with Gasteiger partial charge in [-0.1, -0.05) is 12.1 Å². The van der Waals surface area contributed by atoms with Gasteiger partial charge >= 0.3 is 0 Å². The van der Waals surface area contributed by atoms with Gasteiger partial charge in [-0.2, -0.15) is 0 Å². The maximum Gasteiger partial charge on any atom is 0.300 e. The smallest absolute Gasteiger partial charge is 0.300 e. The highest BCUT2D eigenvalue weighted by Crippen LogP contribution is 2.43. The third-order valence-corrected chi connectivity index (χ3v) is 6.65. The van der Waals surface area contributed by atoms with Gasteiger partial charge in [-0.15, -0.1) is 0 Å². The van der Waals surface area contributed by atoms with Crippen LogP contribution in [0.5, 0.6) is 11.5 Å². The summed E-state index contributed by atoms with van der Waals surface area (Å²) in [5, 5.41) is 11.6. The predicted molar refractivity (Wildman–Crippen MR) is 150 cm³/mol. The van der Waals surface area contributed by atoms with Gasteiger partial charge in [0.2, 0.25) is 0 Å². The van der Waals surface area contributed by atoms with Gasteiger partial charge < -0.3 is 19.5 Å². The van der Waals surface area contributed by atoms with E-state index >= 15 is 0 Å². The number of rotatable bonds is 7. The van der Waals surface area contributed by atoms with Gasteiger partial charge in [0, 0.05) is 31.0 Å². The maximum absolute atomic E-state index is 13.5. The van der Waals surface area contributed by atoms with Crippen LogP contribution in [-0.2, 0) is 9.59 Å². The molecule has 3 aromatic carbocycles. The molecule has 3 aromatic rings. The van der Waals surface area contributed by atoms with Crippen molar-refractivity contribution < 1.29 is 24.2 Å². The fourth-order valence-corrected chi connectivity index (χ4v) is 4.74. The molecule has 38 heavy (non-hydrogen) atoms. The van der Waals surface area contributed by atoms with Crippen molar-refractivity contribution in [3.05, 3.63) is 88.5 Å². The number of ether oxygens (including phenoxy) is 2. The summed E-state index contributed by atoms with van der Waals surface area (Å²) >= 11 is 0. The summed E-state index contributed by atoms with van der Waals surface area (Å²) in [5.74, 6) is -0.306. The first-order valence-electron chi connectivity index (χ1n) is 12.5. The highest BCUT2D eigenvalue weighted by atomic mass is 16.5. The molecule has 0 radical (unpaired) electrons. The first kappa shape index (κ1) is 26.8. The zero-order chi connectivity index (χ0) is 27.7. The third-order valence-electron chi connectivity index (χ3n) is 6.65. The van der Waals surface area contributed by atoms with E-state index in [1.54, 1.807) is 37.4 Å². The number of carbonyl (C=O) groups excluding carboxylic acids is 2. The van der Waals surface area contributed by atoms with Gasteiger partial charge in [0.05, 0.1) is 24.8 Å². The molecule has 1 N–H and O–H groups in total. The maximum atomic E-state index is 13.5. The molecule has 0 saturated carbocycles. The van der Waals surface area contributed by atoms with E-state index in [1.807, 2.05) is 77.0 Å². The molecule has 4 rings (SSSR count). The molecule has 0 bridgehead atoms. The van der Waals surface area contributed by atoms with E-state index in [0.717, 1.165) is 16.8 Å². The lowest BCUT2D eigenvalue weighted by Crippen LogP contribution is -2.29. The molecular formula is C31H34N2O5. The number of aliphatic hydroxyl groups excluding tert-OH is 1. The number of aryl methyl sites for hydroxylation is 2. The van der Waals surface area contributed by atoms with Crippen molar-refractivity contribution in [1.82, 2.24) is 0 Å². The zero-order valence-corrected chi connectivity index (χ0v) is 22.9. The molecule has 1 saturated heterocycles. The largest absolute Gasteiger partial charge is 0.507 e. The second-order valence-electron chi connectivity index (χ2n) is 9.95. The third kappa shape index (κ3) is 4.96. The molecule has 0 spiro atoms. The minimum Gasteiger partial charge on any atom is -0.507 e. The quantitative estimate of drug-likeness (QED) is 0.244. The monoisotopic (exact) mass is 514 g/mol. The summed E-state index contributed by atoms with van der Waals surface area (Å²) in [6.07, 6.45) is 0.00137. The van der Waals surface area contributed by atoms with Crippen LogP contribution in [0.2, 0.25) is 0 Å². The first-order chi connectivity index (χ1) is 18.0. The number of methoxy groups -OCH3 is 1. The standard InChI is InChI=1S/C31H34N2O5/c1-18(2)38-24-14-12-23(13-15-24)33-28(21-8-10-22(11-9-21)32(5)6)27(30(35)31(33)36)29(34)25-16-20(4)26(37-7)17-19(25)3/h8-18,28,34H,1-7H3/b29-27+. The molecule has 0 aromatic heterocycles. The summed E-state index contributed by atoms with van der Waals surface area (Å²) in [5.41, 5.74) is 4.28. The Balaban J connectivity index is 1.90. The van der Waals surface area contributed by atoms with Crippen molar-refractivity contribution in [2.24, 2.45) is 0 Å². The second-order valence-corrected chi connectivity index (χ2v) is 9.95. The minimum absolute atomic E-state index is 0.00137. The molecule has 1 unspecified atom stereocenters. The fourth-order valence-electron chi connectivity index (χ4n) is 4.74. The van der Waals surface area contributed by atoms with Gasteiger partial charge in [0.1, 0.15) is 17.3 Å². The SMILES string of the molecule is COc1cc(C)c(/C(O)=C2\C(=O)C(=O)N(c3ccc(OC(C)C)cc3)C2c2ccc(N(C)C)cc2)cc1C.